The van der Waals surface area contributed by atoms with E-state index in [1.807, 2.05) is 31.2 Å². The van der Waals surface area contributed by atoms with E-state index in [9.17, 15) is 13.2 Å². The van der Waals surface area contributed by atoms with E-state index in [0.717, 1.165) is 15.6 Å². The first-order chi connectivity index (χ1) is 12.8. The molecule has 0 aliphatic rings. The average molecular weight is 391 g/mol. The van der Waals surface area contributed by atoms with Crippen molar-refractivity contribution in [3.8, 4) is 5.75 Å². The summed E-state index contributed by atoms with van der Waals surface area (Å²) in [6.07, 6.45) is 0. The zero-order chi connectivity index (χ0) is 19.9. The Bertz CT molecular complexity index is 882. The highest BCUT2D eigenvalue weighted by atomic mass is 32.2. The molecule has 27 heavy (non-hydrogen) atoms. The Hall–Kier alpha value is -2.58. The normalized spacial score (nSPS) is 11.3. The highest BCUT2D eigenvalue weighted by Gasteiger charge is 2.20. The molecule has 0 unspecified atom stereocenters. The van der Waals surface area contributed by atoms with Gasteiger partial charge in [0.2, 0.25) is 10.0 Å². The summed E-state index contributed by atoms with van der Waals surface area (Å²) < 4.78 is 31.4. The van der Waals surface area contributed by atoms with Crippen molar-refractivity contribution < 1.29 is 17.9 Å². The van der Waals surface area contributed by atoms with Crippen molar-refractivity contribution in [2.24, 2.45) is 0 Å². The molecule has 0 saturated carbocycles. The molecule has 0 aliphatic carbocycles. The molecular weight excluding hydrogens is 366 g/mol. The molecule has 0 atom stereocenters. The molecule has 0 fully saturated rings. The van der Waals surface area contributed by atoms with E-state index in [1.54, 1.807) is 18.2 Å². The van der Waals surface area contributed by atoms with Gasteiger partial charge in [0.05, 0.1) is 11.4 Å². The van der Waals surface area contributed by atoms with Crippen LogP contribution in [0.5, 0.6) is 5.75 Å². The topological polar surface area (TPSA) is 87.7 Å². The largest absolute Gasteiger partial charge is 0.492 e. The minimum Gasteiger partial charge on any atom is -0.492 e. The Kier molecular flexibility index (Phi) is 7.20. The standard InChI is InChI=1S/C19H25N3O4S/c1-15-7-6-9-17(13-15)26-12-11-20-19(23)21-14-16-8-4-5-10-18(16)27(24,25)22(2)3/h4-10,13H,11-12,14H2,1-3H3,(H2,20,21,23). The molecule has 2 amide bonds. The van der Waals surface area contributed by atoms with Crippen molar-refractivity contribution in [3.63, 3.8) is 0 Å². The summed E-state index contributed by atoms with van der Waals surface area (Å²) in [6, 6.07) is 13.9. The van der Waals surface area contributed by atoms with E-state index < -0.39 is 10.0 Å². The smallest absolute Gasteiger partial charge is 0.315 e. The molecule has 2 aromatic rings. The first-order valence-electron chi connectivity index (χ1n) is 8.52. The van der Waals surface area contributed by atoms with Gasteiger partial charge in [0.1, 0.15) is 12.4 Å². The Morgan fingerprint density at radius 2 is 1.81 bits per heavy atom. The first kappa shape index (κ1) is 20.7. The summed E-state index contributed by atoms with van der Waals surface area (Å²) in [4.78, 5) is 12.1. The second-order valence-corrected chi connectivity index (χ2v) is 8.29. The number of urea groups is 1. The minimum absolute atomic E-state index is 0.105. The fourth-order valence-electron chi connectivity index (χ4n) is 2.37. The molecule has 146 valence electrons. The molecule has 2 aromatic carbocycles. The molecule has 0 aromatic heterocycles. The number of rotatable bonds is 8. The molecular formula is C19H25N3O4S. The van der Waals surface area contributed by atoms with Crippen LogP contribution >= 0.6 is 0 Å². The number of nitrogens with one attached hydrogen (secondary N) is 2. The third kappa shape index (κ3) is 5.97. The second kappa shape index (κ2) is 9.38. The predicted molar refractivity (Wildman–Crippen MR) is 104 cm³/mol. The summed E-state index contributed by atoms with van der Waals surface area (Å²) in [5, 5.41) is 5.35. The van der Waals surface area contributed by atoms with E-state index in [0.29, 0.717) is 18.7 Å². The maximum Gasteiger partial charge on any atom is 0.315 e. The van der Waals surface area contributed by atoms with Gasteiger partial charge < -0.3 is 15.4 Å². The number of sulfonamides is 1. The maximum atomic E-state index is 12.3. The first-order valence-corrected chi connectivity index (χ1v) is 9.96. The van der Waals surface area contributed by atoms with Crippen LogP contribution in [0, 0.1) is 6.92 Å². The van der Waals surface area contributed by atoms with Crippen molar-refractivity contribution in [2.75, 3.05) is 27.2 Å². The van der Waals surface area contributed by atoms with Crippen LogP contribution in [0.15, 0.2) is 53.4 Å². The van der Waals surface area contributed by atoms with E-state index in [4.69, 9.17) is 4.74 Å². The van der Waals surface area contributed by atoms with E-state index >= 15 is 0 Å². The van der Waals surface area contributed by atoms with Gasteiger partial charge in [-0.3, -0.25) is 0 Å². The van der Waals surface area contributed by atoms with Gasteiger partial charge in [-0.15, -0.1) is 0 Å². The van der Waals surface area contributed by atoms with E-state index in [1.165, 1.54) is 20.2 Å². The zero-order valence-corrected chi connectivity index (χ0v) is 16.5. The molecule has 0 saturated heterocycles. The third-order valence-corrected chi connectivity index (χ3v) is 5.73. The quantitative estimate of drug-likeness (QED) is 0.675. The van der Waals surface area contributed by atoms with Crippen LogP contribution in [0.3, 0.4) is 0 Å². The molecule has 8 heteroatoms. The van der Waals surface area contributed by atoms with Gasteiger partial charge in [0.25, 0.3) is 0 Å². The van der Waals surface area contributed by atoms with Gasteiger partial charge in [0.15, 0.2) is 0 Å². The lowest BCUT2D eigenvalue weighted by Gasteiger charge is -2.15. The summed E-state index contributed by atoms with van der Waals surface area (Å²) in [5.74, 6) is 0.750. The molecule has 0 heterocycles. The number of carbonyl (C=O) groups is 1. The summed E-state index contributed by atoms with van der Waals surface area (Å²) in [5.41, 5.74) is 1.63. The molecule has 0 spiro atoms. The maximum absolute atomic E-state index is 12.3. The molecule has 0 aliphatic heterocycles. The van der Waals surface area contributed by atoms with Crippen LogP contribution in [0.1, 0.15) is 11.1 Å². The van der Waals surface area contributed by atoms with Crippen LogP contribution in [-0.4, -0.2) is 46.0 Å². The number of ether oxygens (including phenoxy) is 1. The second-order valence-electron chi connectivity index (χ2n) is 6.17. The lowest BCUT2D eigenvalue weighted by molar-refractivity contribution is 0.236. The number of hydrogen-bond donors (Lipinski definition) is 2. The third-order valence-electron chi connectivity index (χ3n) is 3.82. The number of aryl methyl sites for hydroxylation is 1. The SMILES string of the molecule is Cc1cccc(OCCNC(=O)NCc2ccccc2S(=O)(=O)N(C)C)c1. The van der Waals surface area contributed by atoms with Gasteiger partial charge in [-0.05, 0) is 36.2 Å². The minimum atomic E-state index is -3.57. The molecule has 0 radical (unpaired) electrons. The Labute approximate surface area is 160 Å². The van der Waals surface area contributed by atoms with Gasteiger partial charge in [-0.2, -0.15) is 0 Å². The molecule has 2 N–H and O–H groups in total. The van der Waals surface area contributed by atoms with Crippen LogP contribution < -0.4 is 15.4 Å². The lowest BCUT2D eigenvalue weighted by atomic mass is 10.2. The fourth-order valence-corrected chi connectivity index (χ4v) is 3.49. The summed E-state index contributed by atoms with van der Waals surface area (Å²) in [6.45, 7) is 2.75. The molecule has 2 rings (SSSR count). The van der Waals surface area contributed by atoms with Gasteiger partial charge >= 0.3 is 6.03 Å². The number of benzene rings is 2. The zero-order valence-electron chi connectivity index (χ0n) is 15.7. The van der Waals surface area contributed by atoms with Crippen LogP contribution in [-0.2, 0) is 16.6 Å². The van der Waals surface area contributed by atoms with Crippen LogP contribution in [0.2, 0.25) is 0 Å². The highest BCUT2D eigenvalue weighted by molar-refractivity contribution is 7.89. The Morgan fingerprint density at radius 1 is 1.07 bits per heavy atom. The predicted octanol–water partition coefficient (Wildman–Crippen LogP) is 2.12. The number of amides is 2. The Morgan fingerprint density at radius 3 is 2.52 bits per heavy atom. The highest BCUT2D eigenvalue weighted by Crippen LogP contribution is 2.18. The number of hydrogen-bond acceptors (Lipinski definition) is 4. The fraction of sp³-hybridized carbons (Fsp3) is 0.316. The van der Waals surface area contributed by atoms with Crippen LogP contribution in [0.4, 0.5) is 4.79 Å². The number of carbonyl (C=O) groups excluding carboxylic acids is 1. The number of nitrogens with zero attached hydrogens (tertiary/aromatic N) is 1. The van der Waals surface area contributed by atoms with Gasteiger partial charge in [-0.25, -0.2) is 17.5 Å². The molecule has 0 bridgehead atoms. The van der Waals surface area contributed by atoms with E-state index in [2.05, 4.69) is 10.6 Å². The summed E-state index contributed by atoms with van der Waals surface area (Å²) in [7, 11) is -0.624. The van der Waals surface area contributed by atoms with Gasteiger partial charge in [0, 0.05) is 20.6 Å². The molecule has 7 nitrogen and oxygen atoms in total. The monoisotopic (exact) mass is 391 g/mol. The van der Waals surface area contributed by atoms with Crippen molar-refractivity contribution in [1.82, 2.24) is 14.9 Å². The van der Waals surface area contributed by atoms with E-state index in [-0.39, 0.29) is 17.5 Å². The average Bonchev–Trinajstić information content (AvgIpc) is 2.63. The van der Waals surface area contributed by atoms with Crippen molar-refractivity contribution in [3.05, 3.63) is 59.7 Å². The van der Waals surface area contributed by atoms with Crippen LogP contribution in [0.25, 0.3) is 0 Å². The lowest BCUT2D eigenvalue weighted by Crippen LogP contribution is -2.37. The van der Waals surface area contributed by atoms with Crippen molar-refractivity contribution in [1.29, 1.82) is 0 Å². The Balaban J connectivity index is 1.82. The van der Waals surface area contributed by atoms with Gasteiger partial charge in [-0.1, -0.05) is 30.3 Å². The van der Waals surface area contributed by atoms with Crippen molar-refractivity contribution in [2.45, 2.75) is 18.4 Å². The summed E-state index contributed by atoms with van der Waals surface area (Å²) >= 11 is 0. The van der Waals surface area contributed by atoms with Crippen molar-refractivity contribution >= 4 is 16.1 Å².